The predicted molar refractivity (Wildman–Crippen MR) is 98.9 cm³/mol. The number of aromatic nitrogens is 1. The first kappa shape index (κ1) is 16.4. The lowest BCUT2D eigenvalue weighted by molar-refractivity contribution is -0.141. The Morgan fingerprint density at radius 3 is 2.77 bits per heavy atom. The minimum atomic E-state index is -0.309. The third kappa shape index (κ3) is 2.75. The van der Waals surface area contributed by atoms with E-state index in [2.05, 4.69) is 11.1 Å². The molecule has 5 nitrogen and oxygen atoms in total. The summed E-state index contributed by atoms with van der Waals surface area (Å²) in [4.78, 5) is 29.8. The first-order chi connectivity index (χ1) is 12.7. The van der Waals surface area contributed by atoms with Crippen molar-refractivity contribution in [2.24, 2.45) is 0 Å². The lowest BCUT2D eigenvalue weighted by atomic mass is 10.0. The van der Waals surface area contributed by atoms with Crippen molar-refractivity contribution in [3.05, 3.63) is 71.4 Å². The zero-order valence-corrected chi connectivity index (χ0v) is 14.6. The van der Waals surface area contributed by atoms with Crippen LogP contribution in [0.2, 0.25) is 0 Å². The molecule has 1 aliphatic heterocycles. The second-order valence-electron chi connectivity index (χ2n) is 6.49. The summed E-state index contributed by atoms with van der Waals surface area (Å²) >= 11 is 0. The van der Waals surface area contributed by atoms with E-state index in [9.17, 15) is 9.59 Å². The molecule has 132 valence electrons. The summed E-state index contributed by atoms with van der Waals surface area (Å²) in [5.74, 6) is -0.328. The molecule has 0 saturated carbocycles. The number of benzene rings is 2. The lowest BCUT2D eigenvalue weighted by Gasteiger charge is -2.24. The molecule has 0 spiro atoms. The maximum Gasteiger partial charge on any atom is 0.307 e. The number of rotatable bonds is 5. The van der Waals surface area contributed by atoms with E-state index in [1.807, 2.05) is 48.7 Å². The zero-order valence-electron chi connectivity index (χ0n) is 14.6. The van der Waals surface area contributed by atoms with Gasteiger partial charge in [0, 0.05) is 29.2 Å². The third-order valence-electron chi connectivity index (χ3n) is 5.07. The normalized spacial score (nSPS) is 16.1. The first-order valence-electron chi connectivity index (χ1n) is 8.70. The zero-order chi connectivity index (χ0) is 18.1. The van der Waals surface area contributed by atoms with Crippen LogP contribution in [-0.2, 0) is 16.0 Å². The van der Waals surface area contributed by atoms with E-state index in [1.165, 1.54) is 18.1 Å². The van der Waals surface area contributed by atoms with Gasteiger partial charge in [-0.05, 0) is 29.7 Å². The van der Waals surface area contributed by atoms with Crippen molar-refractivity contribution in [1.82, 2.24) is 9.88 Å². The van der Waals surface area contributed by atoms with Crippen molar-refractivity contribution < 1.29 is 14.3 Å². The second kappa shape index (κ2) is 6.67. The SMILES string of the molecule is COC(=O)CC1c2ccccc2C(=O)N1CCc1c[nH]c2ccccc12. The van der Waals surface area contributed by atoms with Crippen molar-refractivity contribution in [3.8, 4) is 0 Å². The predicted octanol–water partition coefficient (Wildman–Crippen LogP) is 3.47. The molecule has 0 aliphatic carbocycles. The quantitative estimate of drug-likeness (QED) is 0.718. The summed E-state index contributed by atoms with van der Waals surface area (Å²) in [5.41, 5.74) is 3.84. The Morgan fingerprint density at radius 2 is 1.92 bits per heavy atom. The number of H-pyrrole nitrogens is 1. The molecule has 1 aliphatic rings. The van der Waals surface area contributed by atoms with Gasteiger partial charge in [0.05, 0.1) is 19.6 Å². The van der Waals surface area contributed by atoms with Crippen molar-refractivity contribution in [2.45, 2.75) is 18.9 Å². The Balaban J connectivity index is 1.59. The van der Waals surface area contributed by atoms with Crippen LogP contribution in [0.3, 0.4) is 0 Å². The van der Waals surface area contributed by atoms with Crippen LogP contribution < -0.4 is 0 Å². The number of nitrogens with one attached hydrogen (secondary N) is 1. The molecule has 3 aromatic rings. The highest BCUT2D eigenvalue weighted by atomic mass is 16.5. The smallest absolute Gasteiger partial charge is 0.307 e. The first-order valence-corrected chi connectivity index (χ1v) is 8.70. The number of ether oxygens (including phenoxy) is 1. The van der Waals surface area contributed by atoms with Gasteiger partial charge in [-0.15, -0.1) is 0 Å². The highest BCUT2D eigenvalue weighted by molar-refractivity contribution is 5.99. The van der Waals surface area contributed by atoms with E-state index in [-0.39, 0.29) is 24.3 Å². The monoisotopic (exact) mass is 348 g/mol. The number of amides is 1. The molecule has 1 atom stereocenters. The summed E-state index contributed by atoms with van der Waals surface area (Å²) in [5, 5.41) is 1.17. The molecule has 2 aromatic carbocycles. The van der Waals surface area contributed by atoms with Gasteiger partial charge in [-0.25, -0.2) is 0 Å². The molecule has 5 heteroatoms. The molecule has 0 saturated heterocycles. The van der Waals surface area contributed by atoms with E-state index in [4.69, 9.17) is 4.74 Å². The number of aromatic amines is 1. The topological polar surface area (TPSA) is 62.4 Å². The highest BCUT2D eigenvalue weighted by Gasteiger charge is 2.37. The molecule has 4 rings (SSSR count). The summed E-state index contributed by atoms with van der Waals surface area (Å²) in [7, 11) is 1.38. The van der Waals surface area contributed by atoms with E-state index >= 15 is 0 Å². The standard InChI is InChI=1S/C21H20N2O3/c1-26-20(24)12-19-16-7-2-3-8-17(16)21(25)23(19)11-10-14-13-22-18-9-5-4-6-15(14)18/h2-9,13,19,22H,10-12H2,1H3. The van der Waals surface area contributed by atoms with Gasteiger partial charge in [0.25, 0.3) is 5.91 Å². The number of methoxy groups -OCH3 is 1. The largest absolute Gasteiger partial charge is 0.469 e. The molecule has 0 fully saturated rings. The molecular weight excluding hydrogens is 328 g/mol. The van der Waals surface area contributed by atoms with Crippen LogP contribution in [0.15, 0.2) is 54.7 Å². The Morgan fingerprint density at radius 1 is 1.15 bits per heavy atom. The van der Waals surface area contributed by atoms with Gasteiger partial charge in [0.15, 0.2) is 0 Å². The lowest BCUT2D eigenvalue weighted by Crippen LogP contribution is -2.31. The summed E-state index contributed by atoms with van der Waals surface area (Å²) < 4.78 is 4.84. The van der Waals surface area contributed by atoms with E-state index in [0.717, 1.165) is 17.5 Å². The van der Waals surface area contributed by atoms with Gasteiger partial charge in [-0.1, -0.05) is 36.4 Å². The third-order valence-corrected chi connectivity index (χ3v) is 5.07. The average Bonchev–Trinajstić information content (AvgIpc) is 3.20. The van der Waals surface area contributed by atoms with Crippen LogP contribution in [-0.4, -0.2) is 35.4 Å². The number of hydrogen-bond donors (Lipinski definition) is 1. The number of carbonyl (C=O) groups is 2. The van der Waals surface area contributed by atoms with Gasteiger partial charge in [-0.2, -0.15) is 0 Å². The van der Waals surface area contributed by atoms with Crippen LogP contribution in [0.4, 0.5) is 0 Å². The molecule has 1 aromatic heterocycles. The fraction of sp³-hybridized carbons (Fsp3) is 0.238. The fourth-order valence-corrected chi connectivity index (χ4v) is 3.74. The maximum atomic E-state index is 12.9. The van der Waals surface area contributed by atoms with Gasteiger partial charge in [0.1, 0.15) is 0 Å². The van der Waals surface area contributed by atoms with E-state index in [0.29, 0.717) is 12.1 Å². The molecule has 1 N–H and O–H groups in total. The number of fused-ring (bicyclic) bond motifs is 2. The molecule has 0 bridgehead atoms. The van der Waals surface area contributed by atoms with Gasteiger partial charge in [-0.3, -0.25) is 9.59 Å². The Bertz CT molecular complexity index is 976. The maximum absolute atomic E-state index is 12.9. The summed E-state index contributed by atoms with van der Waals surface area (Å²) in [6, 6.07) is 15.4. The Hall–Kier alpha value is -3.08. The van der Waals surface area contributed by atoms with Crippen molar-refractivity contribution in [1.29, 1.82) is 0 Å². The minimum Gasteiger partial charge on any atom is -0.469 e. The highest BCUT2D eigenvalue weighted by Crippen LogP contribution is 2.36. The molecule has 26 heavy (non-hydrogen) atoms. The van der Waals surface area contributed by atoms with Crippen LogP contribution in [0.1, 0.15) is 33.9 Å². The van der Waals surface area contributed by atoms with Crippen LogP contribution in [0.5, 0.6) is 0 Å². The van der Waals surface area contributed by atoms with Gasteiger partial charge >= 0.3 is 5.97 Å². The molecule has 1 amide bonds. The number of para-hydroxylation sites is 1. The number of nitrogens with zero attached hydrogens (tertiary/aromatic N) is 1. The minimum absolute atomic E-state index is 0.0191. The number of esters is 1. The van der Waals surface area contributed by atoms with Crippen molar-refractivity contribution in [2.75, 3.05) is 13.7 Å². The Labute approximate surface area is 151 Å². The molecule has 1 unspecified atom stereocenters. The average molecular weight is 348 g/mol. The van der Waals surface area contributed by atoms with Crippen molar-refractivity contribution in [3.63, 3.8) is 0 Å². The van der Waals surface area contributed by atoms with Crippen LogP contribution in [0.25, 0.3) is 10.9 Å². The summed E-state index contributed by atoms with van der Waals surface area (Å²) in [6.45, 7) is 0.553. The van der Waals surface area contributed by atoms with Crippen molar-refractivity contribution >= 4 is 22.8 Å². The molecule has 2 heterocycles. The van der Waals surface area contributed by atoms with E-state index < -0.39 is 0 Å². The Kier molecular flexibility index (Phi) is 4.21. The summed E-state index contributed by atoms with van der Waals surface area (Å²) in [6.07, 6.45) is 2.89. The van der Waals surface area contributed by atoms with E-state index in [1.54, 1.807) is 4.90 Å². The second-order valence-corrected chi connectivity index (χ2v) is 6.49. The van der Waals surface area contributed by atoms with Gasteiger partial charge < -0.3 is 14.6 Å². The fourth-order valence-electron chi connectivity index (χ4n) is 3.74. The molecule has 0 radical (unpaired) electrons. The van der Waals surface area contributed by atoms with Crippen LogP contribution >= 0.6 is 0 Å². The van der Waals surface area contributed by atoms with Gasteiger partial charge in [0.2, 0.25) is 0 Å². The van der Waals surface area contributed by atoms with Crippen LogP contribution in [0, 0.1) is 0 Å². The number of carbonyl (C=O) groups excluding carboxylic acids is 2. The molecular formula is C21H20N2O3. The number of hydrogen-bond acceptors (Lipinski definition) is 3.